The summed E-state index contributed by atoms with van der Waals surface area (Å²) in [7, 11) is 3.65. The lowest BCUT2D eigenvalue weighted by atomic mass is 10.0. The number of likely N-dealkylation sites (N-methyl/N-ethyl adjacent to an activating group) is 1. The van der Waals surface area contributed by atoms with E-state index < -0.39 is 6.04 Å². The summed E-state index contributed by atoms with van der Waals surface area (Å²) in [6, 6.07) is 15.4. The molecule has 0 spiro atoms. The summed E-state index contributed by atoms with van der Waals surface area (Å²) in [6.45, 7) is 2.46. The van der Waals surface area contributed by atoms with Gasteiger partial charge in [-0.25, -0.2) is 4.39 Å². The molecule has 5 nitrogen and oxygen atoms in total. The first kappa shape index (κ1) is 18.9. The Balaban J connectivity index is 1.73. The Bertz CT molecular complexity index is 853. The zero-order chi connectivity index (χ0) is 19.4. The summed E-state index contributed by atoms with van der Waals surface area (Å²) < 4.78 is 13.6. The summed E-state index contributed by atoms with van der Waals surface area (Å²) in [5.74, 6) is -0.371. The quantitative estimate of drug-likeness (QED) is 0.835. The smallest absolute Gasteiger partial charge is 0.244 e. The molecule has 1 atom stereocenters. The number of anilines is 1. The topological polar surface area (TPSA) is 50.6 Å². The zero-order valence-corrected chi connectivity index (χ0v) is 15.6. The molecule has 0 aliphatic carbocycles. The minimum atomic E-state index is -0.515. The van der Waals surface area contributed by atoms with E-state index in [2.05, 4.69) is 11.0 Å². The highest BCUT2D eigenvalue weighted by Crippen LogP contribution is 2.25. The highest BCUT2D eigenvalue weighted by Gasteiger charge is 2.30. The van der Waals surface area contributed by atoms with E-state index in [0.717, 1.165) is 5.69 Å². The maximum atomic E-state index is 13.6. The van der Waals surface area contributed by atoms with Crippen LogP contribution in [-0.4, -0.2) is 56.0 Å². The lowest BCUT2D eigenvalue weighted by Crippen LogP contribution is -2.51. The maximum absolute atomic E-state index is 13.6. The van der Waals surface area contributed by atoms with Gasteiger partial charge in [-0.15, -0.1) is 0 Å². The van der Waals surface area contributed by atoms with Crippen LogP contribution < -0.4 is 4.90 Å². The first-order valence-electron chi connectivity index (χ1n) is 8.96. The van der Waals surface area contributed by atoms with Crippen molar-refractivity contribution in [3.05, 3.63) is 65.5 Å². The van der Waals surface area contributed by atoms with Crippen molar-refractivity contribution in [2.24, 2.45) is 0 Å². The minimum absolute atomic E-state index is 0.0289. The van der Waals surface area contributed by atoms with Gasteiger partial charge in [-0.2, -0.15) is 5.26 Å². The van der Waals surface area contributed by atoms with Gasteiger partial charge in [-0.3, -0.25) is 9.69 Å². The predicted molar refractivity (Wildman–Crippen MR) is 103 cm³/mol. The average molecular weight is 366 g/mol. The normalized spacial score (nSPS) is 15.5. The Hall–Kier alpha value is -2.91. The second-order valence-corrected chi connectivity index (χ2v) is 6.86. The number of amides is 1. The van der Waals surface area contributed by atoms with Crippen LogP contribution in [0.4, 0.5) is 10.1 Å². The third kappa shape index (κ3) is 4.09. The third-order valence-corrected chi connectivity index (χ3v) is 4.87. The van der Waals surface area contributed by atoms with Gasteiger partial charge in [0.15, 0.2) is 0 Å². The lowest BCUT2D eigenvalue weighted by molar-refractivity contribution is -0.136. The van der Waals surface area contributed by atoms with E-state index >= 15 is 0 Å². The molecule has 1 saturated heterocycles. The number of benzene rings is 2. The van der Waals surface area contributed by atoms with E-state index in [0.29, 0.717) is 37.3 Å². The van der Waals surface area contributed by atoms with E-state index in [9.17, 15) is 14.4 Å². The predicted octanol–water partition coefficient (Wildman–Crippen LogP) is 2.65. The molecule has 0 aromatic heterocycles. The van der Waals surface area contributed by atoms with E-state index in [1.165, 1.54) is 12.1 Å². The largest absolute Gasteiger partial charge is 0.367 e. The number of piperazine rings is 1. The van der Waals surface area contributed by atoms with Gasteiger partial charge in [0.25, 0.3) is 0 Å². The number of rotatable bonds is 4. The van der Waals surface area contributed by atoms with Crippen molar-refractivity contribution in [3.8, 4) is 6.07 Å². The Morgan fingerprint density at radius 1 is 1.11 bits per heavy atom. The number of nitrogens with zero attached hydrogens (tertiary/aromatic N) is 4. The Kier molecular flexibility index (Phi) is 5.72. The molecule has 0 radical (unpaired) electrons. The summed E-state index contributed by atoms with van der Waals surface area (Å²) in [5.41, 5.74) is 2.20. The van der Waals surface area contributed by atoms with Crippen molar-refractivity contribution < 1.29 is 9.18 Å². The summed E-state index contributed by atoms with van der Waals surface area (Å²) in [4.78, 5) is 18.9. The lowest BCUT2D eigenvalue weighted by Gasteiger charge is -2.39. The Labute approximate surface area is 159 Å². The Morgan fingerprint density at radius 2 is 1.81 bits per heavy atom. The number of hydrogen-bond donors (Lipinski definition) is 0. The molecule has 0 bridgehead atoms. The molecule has 0 N–H and O–H groups in total. The molecule has 1 aliphatic heterocycles. The highest BCUT2D eigenvalue weighted by atomic mass is 19.1. The number of para-hydroxylation sites is 1. The van der Waals surface area contributed by atoms with E-state index in [1.54, 1.807) is 18.2 Å². The molecule has 2 aromatic rings. The maximum Gasteiger partial charge on any atom is 0.244 e. The summed E-state index contributed by atoms with van der Waals surface area (Å²) in [5, 5.41) is 9.29. The molecule has 6 heteroatoms. The van der Waals surface area contributed by atoms with Crippen molar-refractivity contribution >= 4 is 11.6 Å². The fourth-order valence-corrected chi connectivity index (χ4v) is 3.52. The molecule has 1 aliphatic rings. The Morgan fingerprint density at radius 3 is 2.44 bits per heavy atom. The van der Waals surface area contributed by atoms with Crippen molar-refractivity contribution in [2.75, 3.05) is 45.2 Å². The second-order valence-electron chi connectivity index (χ2n) is 6.86. The van der Waals surface area contributed by atoms with Crippen LogP contribution >= 0.6 is 0 Å². The van der Waals surface area contributed by atoms with Crippen molar-refractivity contribution in [1.29, 1.82) is 5.26 Å². The van der Waals surface area contributed by atoms with Gasteiger partial charge >= 0.3 is 0 Å². The molecule has 2 aromatic carbocycles. The molecule has 1 amide bonds. The van der Waals surface area contributed by atoms with Crippen LogP contribution in [0.5, 0.6) is 0 Å². The number of hydrogen-bond acceptors (Lipinski definition) is 4. The van der Waals surface area contributed by atoms with E-state index in [1.807, 2.05) is 42.1 Å². The van der Waals surface area contributed by atoms with Gasteiger partial charge in [0.05, 0.1) is 11.3 Å². The van der Waals surface area contributed by atoms with Gasteiger partial charge in [0, 0.05) is 26.2 Å². The average Bonchev–Trinajstić information content (AvgIpc) is 2.68. The van der Waals surface area contributed by atoms with Crippen LogP contribution in [0.1, 0.15) is 17.2 Å². The number of nitriles is 1. The highest BCUT2D eigenvalue weighted by molar-refractivity contribution is 5.83. The second kappa shape index (κ2) is 8.19. The van der Waals surface area contributed by atoms with Crippen LogP contribution in [0.25, 0.3) is 0 Å². The van der Waals surface area contributed by atoms with E-state index in [-0.39, 0.29) is 11.7 Å². The first-order valence-corrected chi connectivity index (χ1v) is 8.96. The van der Waals surface area contributed by atoms with Gasteiger partial charge in [0.2, 0.25) is 5.91 Å². The van der Waals surface area contributed by atoms with Crippen molar-refractivity contribution in [1.82, 2.24) is 9.80 Å². The molecule has 1 fully saturated rings. The molecular formula is C21H23FN4O. The van der Waals surface area contributed by atoms with Gasteiger partial charge < -0.3 is 9.80 Å². The van der Waals surface area contributed by atoms with Crippen LogP contribution in [0.15, 0.2) is 48.5 Å². The number of carbonyl (C=O) groups is 1. The monoisotopic (exact) mass is 366 g/mol. The van der Waals surface area contributed by atoms with E-state index in [4.69, 9.17) is 0 Å². The minimum Gasteiger partial charge on any atom is -0.367 e. The van der Waals surface area contributed by atoms with Gasteiger partial charge in [-0.05, 0) is 43.9 Å². The fourth-order valence-electron chi connectivity index (χ4n) is 3.52. The standard InChI is InChI=1S/C21H23FN4O/c1-24(2)20(16-7-5-8-18(22)14-16)21(27)26-12-10-25(11-13-26)19-9-4-3-6-17(19)15-23/h3-9,14,20H,10-13H2,1-2H3. The number of halogens is 1. The molecule has 140 valence electrons. The SMILES string of the molecule is CN(C)C(C(=O)N1CCN(c2ccccc2C#N)CC1)c1cccc(F)c1. The van der Waals surface area contributed by atoms with Gasteiger partial charge in [-0.1, -0.05) is 24.3 Å². The van der Waals surface area contributed by atoms with Crippen LogP contribution in [-0.2, 0) is 4.79 Å². The third-order valence-electron chi connectivity index (χ3n) is 4.87. The molecule has 1 unspecified atom stereocenters. The van der Waals surface area contributed by atoms with Crippen molar-refractivity contribution in [3.63, 3.8) is 0 Å². The number of carbonyl (C=O) groups excluding carboxylic acids is 1. The molecular weight excluding hydrogens is 343 g/mol. The van der Waals surface area contributed by atoms with Crippen molar-refractivity contribution in [2.45, 2.75) is 6.04 Å². The zero-order valence-electron chi connectivity index (χ0n) is 15.6. The van der Waals surface area contributed by atoms with Gasteiger partial charge in [0.1, 0.15) is 17.9 Å². The van der Waals surface area contributed by atoms with Crippen LogP contribution in [0.2, 0.25) is 0 Å². The fraction of sp³-hybridized carbons (Fsp3) is 0.333. The van der Waals surface area contributed by atoms with Crippen LogP contribution in [0, 0.1) is 17.1 Å². The summed E-state index contributed by atoms with van der Waals surface area (Å²) in [6.07, 6.45) is 0. The molecule has 27 heavy (non-hydrogen) atoms. The van der Waals surface area contributed by atoms with Crippen LogP contribution in [0.3, 0.4) is 0 Å². The first-order chi connectivity index (χ1) is 13.0. The molecule has 0 saturated carbocycles. The molecule has 3 rings (SSSR count). The summed E-state index contributed by atoms with van der Waals surface area (Å²) >= 11 is 0. The molecule has 1 heterocycles.